The molecular weight excluding hydrogens is 272 g/mol. The minimum atomic E-state index is -4.04. The molecule has 0 saturated carbocycles. The number of aliphatic hydroxyl groups excluding tert-OH is 1. The van der Waals surface area contributed by atoms with Gasteiger partial charge in [0.05, 0.1) is 10.5 Å². The van der Waals surface area contributed by atoms with Crippen molar-refractivity contribution in [2.24, 2.45) is 5.73 Å². The molecule has 1 amide bonds. The Bertz CT molecular complexity index is 635. The summed E-state index contributed by atoms with van der Waals surface area (Å²) in [5, 5.41) is 18.0. The number of carbonyl (C=O) groups is 1. The number of nitrogens with zero attached hydrogens (tertiary/aromatic N) is 1. The molecule has 0 fully saturated rings. The number of nitrogen functional groups attached to an aromatic ring is 1. The molecule has 1 rings (SSSR count). The van der Waals surface area contributed by atoms with Gasteiger partial charge in [0.25, 0.3) is 0 Å². The number of amides is 1. The topological polar surface area (TPSA) is 159 Å². The SMILES string of the molecule is N#Cc1cc(N)ccc1S(=O)(=O)NCC(O)C(N)=O. The van der Waals surface area contributed by atoms with Crippen molar-refractivity contribution < 1.29 is 18.3 Å². The van der Waals surface area contributed by atoms with E-state index in [-0.39, 0.29) is 16.1 Å². The number of aliphatic hydroxyl groups is 1. The van der Waals surface area contributed by atoms with E-state index in [0.29, 0.717) is 0 Å². The van der Waals surface area contributed by atoms with Crippen LogP contribution >= 0.6 is 0 Å². The second kappa shape index (κ2) is 5.66. The monoisotopic (exact) mass is 284 g/mol. The summed E-state index contributed by atoms with van der Waals surface area (Å²) in [5.74, 6) is -1.06. The Labute approximate surface area is 109 Å². The summed E-state index contributed by atoms with van der Waals surface area (Å²) in [6.07, 6.45) is -1.64. The fourth-order valence-electron chi connectivity index (χ4n) is 1.24. The van der Waals surface area contributed by atoms with Crippen LogP contribution < -0.4 is 16.2 Å². The molecular formula is C10H12N4O4S. The van der Waals surface area contributed by atoms with Crippen LogP contribution in [0.5, 0.6) is 0 Å². The Balaban J connectivity index is 3.02. The van der Waals surface area contributed by atoms with Crippen LogP contribution in [-0.2, 0) is 14.8 Å². The number of benzene rings is 1. The average molecular weight is 284 g/mol. The number of rotatable bonds is 5. The van der Waals surface area contributed by atoms with Gasteiger partial charge in [-0.2, -0.15) is 5.26 Å². The van der Waals surface area contributed by atoms with Crippen LogP contribution in [0.4, 0.5) is 5.69 Å². The van der Waals surface area contributed by atoms with Gasteiger partial charge in [-0.15, -0.1) is 0 Å². The first-order valence-corrected chi connectivity index (χ1v) is 6.53. The number of hydrogen-bond acceptors (Lipinski definition) is 6. The molecule has 19 heavy (non-hydrogen) atoms. The minimum absolute atomic E-state index is 0.138. The van der Waals surface area contributed by atoms with Gasteiger partial charge in [0.15, 0.2) is 0 Å². The van der Waals surface area contributed by atoms with Crippen LogP contribution in [0.2, 0.25) is 0 Å². The summed E-state index contributed by atoms with van der Waals surface area (Å²) in [6.45, 7) is -0.576. The van der Waals surface area contributed by atoms with E-state index in [4.69, 9.17) is 21.8 Å². The molecule has 1 aromatic carbocycles. The van der Waals surface area contributed by atoms with Crippen LogP contribution in [-0.4, -0.2) is 32.1 Å². The van der Waals surface area contributed by atoms with Gasteiger partial charge in [0.1, 0.15) is 12.2 Å². The first kappa shape index (κ1) is 14.9. The molecule has 0 bridgehead atoms. The van der Waals surface area contributed by atoms with E-state index < -0.39 is 28.6 Å². The number of carbonyl (C=O) groups excluding carboxylic acids is 1. The van der Waals surface area contributed by atoms with E-state index in [1.165, 1.54) is 12.1 Å². The molecule has 9 heteroatoms. The number of anilines is 1. The number of nitrogens with two attached hydrogens (primary N) is 2. The summed E-state index contributed by atoms with van der Waals surface area (Å²) < 4.78 is 25.7. The van der Waals surface area contributed by atoms with Gasteiger partial charge in [0, 0.05) is 12.2 Å². The summed E-state index contributed by atoms with van der Waals surface area (Å²) >= 11 is 0. The van der Waals surface area contributed by atoms with Crippen LogP contribution in [0.3, 0.4) is 0 Å². The molecule has 0 aliphatic rings. The minimum Gasteiger partial charge on any atom is -0.399 e. The van der Waals surface area contributed by atoms with E-state index in [9.17, 15) is 13.2 Å². The smallest absolute Gasteiger partial charge is 0.247 e. The molecule has 0 radical (unpaired) electrons. The fourth-order valence-corrected chi connectivity index (χ4v) is 2.41. The van der Waals surface area contributed by atoms with E-state index in [2.05, 4.69) is 0 Å². The molecule has 1 atom stereocenters. The summed E-state index contributed by atoms with van der Waals surface area (Å²) in [5.41, 5.74) is 10.3. The molecule has 0 heterocycles. The van der Waals surface area contributed by atoms with Crippen molar-refractivity contribution in [2.45, 2.75) is 11.0 Å². The molecule has 102 valence electrons. The van der Waals surface area contributed by atoms with Crippen LogP contribution in [0, 0.1) is 11.3 Å². The van der Waals surface area contributed by atoms with Gasteiger partial charge >= 0.3 is 0 Å². The first-order chi connectivity index (χ1) is 8.77. The standard InChI is InChI=1S/C10H12N4O4S/c11-4-6-3-7(12)1-2-9(6)19(17,18)14-5-8(15)10(13)16/h1-3,8,14-15H,5,12H2,(H2,13,16). The van der Waals surface area contributed by atoms with E-state index in [0.717, 1.165) is 6.07 Å². The highest BCUT2D eigenvalue weighted by Gasteiger charge is 2.21. The molecule has 0 saturated heterocycles. The second-order valence-corrected chi connectivity index (χ2v) is 5.37. The van der Waals surface area contributed by atoms with E-state index >= 15 is 0 Å². The zero-order valence-corrected chi connectivity index (χ0v) is 10.5. The third kappa shape index (κ3) is 3.65. The highest BCUT2D eigenvalue weighted by Crippen LogP contribution is 2.17. The molecule has 0 aliphatic carbocycles. The van der Waals surface area contributed by atoms with E-state index in [1.54, 1.807) is 6.07 Å². The summed E-state index contributed by atoms with van der Waals surface area (Å²) in [4.78, 5) is 10.3. The van der Waals surface area contributed by atoms with Crippen molar-refractivity contribution in [1.82, 2.24) is 4.72 Å². The maximum Gasteiger partial charge on any atom is 0.247 e. The number of nitrogens with one attached hydrogen (secondary N) is 1. The third-order valence-corrected chi connectivity index (χ3v) is 3.69. The predicted octanol–water partition coefficient (Wildman–Crippen LogP) is -1.74. The Morgan fingerprint density at radius 3 is 2.68 bits per heavy atom. The van der Waals surface area contributed by atoms with Crippen molar-refractivity contribution >= 4 is 21.6 Å². The Morgan fingerprint density at radius 1 is 1.53 bits per heavy atom. The molecule has 6 N–H and O–H groups in total. The lowest BCUT2D eigenvalue weighted by Crippen LogP contribution is -2.40. The average Bonchev–Trinajstić information content (AvgIpc) is 2.35. The Morgan fingerprint density at radius 2 is 2.16 bits per heavy atom. The van der Waals surface area contributed by atoms with Crippen LogP contribution in [0.15, 0.2) is 23.1 Å². The van der Waals surface area contributed by atoms with Crippen molar-refractivity contribution in [3.63, 3.8) is 0 Å². The Kier molecular flexibility index (Phi) is 4.44. The zero-order valence-electron chi connectivity index (χ0n) is 9.70. The van der Waals surface area contributed by atoms with Crippen molar-refractivity contribution in [3.05, 3.63) is 23.8 Å². The molecule has 0 aliphatic heterocycles. The van der Waals surface area contributed by atoms with Gasteiger partial charge in [-0.25, -0.2) is 13.1 Å². The highest BCUT2D eigenvalue weighted by atomic mass is 32.2. The molecule has 1 aromatic rings. The van der Waals surface area contributed by atoms with Crippen molar-refractivity contribution in [3.8, 4) is 6.07 Å². The summed E-state index contributed by atoms with van der Waals surface area (Å²) in [6, 6.07) is 5.39. The molecule has 0 aromatic heterocycles. The van der Waals surface area contributed by atoms with Gasteiger partial charge in [0.2, 0.25) is 15.9 Å². The van der Waals surface area contributed by atoms with E-state index in [1.807, 2.05) is 4.72 Å². The Hall–Kier alpha value is -2.15. The predicted molar refractivity (Wildman–Crippen MR) is 66.0 cm³/mol. The van der Waals surface area contributed by atoms with Crippen molar-refractivity contribution in [1.29, 1.82) is 5.26 Å². The fraction of sp³-hybridized carbons (Fsp3) is 0.200. The maximum absolute atomic E-state index is 11.9. The lowest BCUT2D eigenvalue weighted by molar-refractivity contribution is -0.125. The quantitative estimate of drug-likeness (QED) is 0.470. The number of nitriles is 1. The first-order valence-electron chi connectivity index (χ1n) is 5.04. The normalized spacial score (nSPS) is 12.6. The highest BCUT2D eigenvalue weighted by molar-refractivity contribution is 7.89. The third-order valence-electron chi connectivity index (χ3n) is 2.21. The van der Waals surface area contributed by atoms with Gasteiger partial charge < -0.3 is 16.6 Å². The molecule has 1 unspecified atom stereocenters. The lowest BCUT2D eigenvalue weighted by atomic mass is 10.2. The van der Waals surface area contributed by atoms with Crippen LogP contribution in [0.25, 0.3) is 0 Å². The number of sulfonamides is 1. The second-order valence-electron chi connectivity index (χ2n) is 3.64. The van der Waals surface area contributed by atoms with Gasteiger partial charge in [-0.1, -0.05) is 0 Å². The number of primary amides is 1. The summed E-state index contributed by atoms with van der Waals surface area (Å²) in [7, 11) is -4.04. The van der Waals surface area contributed by atoms with Gasteiger partial charge in [-0.3, -0.25) is 4.79 Å². The molecule has 0 spiro atoms. The molecule has 8 nitrogen and oxygen atoms in total. The number of hydrogen-bond donors (Lipinski definition) is 4. The largest absolute Gasteiger partial charge is 0.399 e. The maximum atomic E-state index is 11.9. The van der Waals surface area contributed by atoms with Gasteiger partial charge in [-0.05, 0) is 18.2 Å². The zero-order chi connectivity index (χ0) is 14.6. The lowest BCUT2D eigenvalue weighted by Gasteiger charge is -2.10. The van der Waals surface area contributed by atoms with Crippen molar-refractivity contribution in [2.75, 3.05) is 12.3 Å². The van der Waals surface area contributed by atoms with Crippen LogP contribution in [0.1, 0.15) is 5.56 Å².